The highest BCUT2D eigenvalue weighted by Crippen LogP contribution is 2.19. The lowest BCUT2D eigenvalue weighted by molar-refractivity contribution is 0.102. The zero-order valence-corrected chi connectivity index (χ0v) is 16.7. The van der Waals surface area contributed by atoms with Gasteiger partial charge in [0, 0.05) is 11.1 Å². The lowest BCUT2D eigenvalue weighted by Crippen LogP contribution is -2.22. The summed E-state index contributed by atoms with van der Waals surface area (Å²) in [6.07, 6.45) is 0. The van der Waals surface area contributed by atoms with Gasteiger partial charge in [0.2, 0.25) is 5.55 Å². The number of nitrogens with zero attached hydrogens (tertiary/aromatic N) is 1. The first-order valence-electron chi connectivity index (χ1n) is 9.52. The maximum absolute atomic E-state index is 13.1. The van der Waals surface area contributed by atoms with Crippen molar-refractivity contribution >= 4 is 28.3 Å². The largest absolute Gasteiger partial charge is 0.438 e. The summed E-state index contributed by atoms with van der Waals surface area (Å²) in [7, 11) is 0. The zero-order valence-electron chi connectivity index (χ0n) is 16.7. The van der Waals surface area contributed by atoms with Crippen LogP contribution in [-0.2, 0) is 0 Å². The van der Waals surface area contributed by atoms with Gasteiger partial charge in [-0.1, -0.05) is 48.0 Å². The minimum absolute atomic E-state index is 0.252. The van der Waals surface area contributed by atoms with Crippen molar-refractivity contribution in [3.63, 3.8) is 0 Å². The topological polar surface area (TPSA) is 54.6 Å². The molecule has 0 saturated heterocycles. The number of carbonyl (C=O) groups is 1. The molecule has 0 aliphatic carbocycles. The Balaban J connectivity index is 1.84. The first-order valence-corrected chi connectivity index (χ1v) is 9.52. The summed E-state index contributed by atoms with van der Waals surface area (Å²) in [6.45, 7) is 6.01. The van der Waals surface area contributed by atoms with Crippen molar-refractivity contribution in [2.24, 2.45) is 4.99 Å². The van der Waals surface area contributed by atoms with Crippen molar-refractivity contribution < 1.29 is 9.21 Å². The summed E-state index contributed by atoms with van der Waals surface area (Å²) >= 11 is 0. The van der Waals surface area contributed by atoms with E-state index in [4.69, 9.17) is 4.42 Å². The van der Waals surface area contributed by atoms with Crippen LogP contribution in [0.15, 0.2) is 82.2 Å². The number of fused-ring (bicyclic) bond motifs is 1. The van der Waals surface area contributed by atoms with Gasteiger partial charge < -0.3 is 9.73 Å². The van der Waals surface area contributed by atoms with E-state index < -0.39 is 0 Å². The molecule has 1 heterocycles. The van der Waals surface area contributed by atoms with Crippen LogP contribution < -0.4 is 10.9 Å². The predicted molar refractivity (Wildman–Crippen MR) is 116 cm³/mol. The molecule has 144 valence electrons. The molecule has 0 fully saturated rings. The maximum Gasteiger partial charge on any atom is 0.261 e. The predicted octanol–water partition coefficient (Wildman–Crippen LogP) is 5.84. The van der Waals surface area contributed by atoms with Crippen molar-refractivity contribution in [1.29, 1.82) is 0 Å². The Morgan fingerprint density at radius 1 is 0.862 bits per heavy atom. The standard InChI is InChI=1S/C25H22N2O2/c1-16-7-6-9-20(14-16)26-25-21(15-19-8-4-5-10-23(19)29-25)24(28)27-22-12-11-17(2)13-18(22)3/h4-15H,1-3H3,(H,27,28). The number of anilines is 1. The van der Waals surface area contributed by atoms with E-state index in [-0.39, 0.29) is 11.5 Å². The van der Waals surface area contributed by atoms with E-state index in [1.807, 2.05) is 93.6 Å². The summed E-state index contributed by atoms with van der Waals surface area (Å²) in [5, 5.41) is 3.85. The second kappa shape index (κ2) is 7.76. The van der Waals surface area contributed by atoms with Gasteiger partial charge in [-0.15, -0.1) is 0 Å². The van der Waals surface area contributed by atoms with Gasteiger partial charge in [-0.25, -0.2) is 4.99 Å². The molecule has 3 aromatic carbocycles. The zero-order chi connectivity index (χ0) is 20.4. The number of hydrogen-bond acceptors (Lipinski definition) is 3. The van der Waals surface area contributed by atoms with E-state index in [0.717, 1.165) is 33.5 Å². The molecule has 0 unspecified atom stereocenters. The molecule has 4 nitrogen and oxygen atoms in total. The molecule has 0 bridgehead atoms. The van der Waals surface area contributed by atoms with Crippen LogP contribution in [0.4, 0.5) is 11.4 Å². The molecule has 0 aliphatic heterocycles. The number of amides is 1. The Kier molecular flexibility index (Phi) is 5.00. The number of carbonyl (C=O) groups excluding carboxylic acids is 1. The molecule has 1 N–H and O–H groups in total. The van der Waals surface area contributed by atoms with Crippen molar-refractivity contribution in [1.82, 2.24) is 0 Å². The highest BCUT2D eigenvalue weighted by molar-refractivity contribution is 6.05. The van der Waals surface area contributed by atoms with E-state index in [1.165, 1.54) is 0 Å². The first kappa shape index (κ1) is 18.7. The molecule has 29 heavy (non-hydrogen) atoms. The quantitative estimate of drug-likeness (QED) is 0.484. The fraction of sp³-hybridized carbons (Fsp3) is 0.120. The molecule has 0 saturated carbocycles. The number of hydrogen-bond donors (Lipinski definition) is 1. The lowest BCUT2D eigenvalue weighted by Gasteiger charge is -2.10. The van der Waals surface area contributed by atoms with Gasteiger partial charge in [0.05, 0.1) is 5.69 Å². The third-order valence-electron chi connectivity index (χ3n) is 4.76. The number of aryl methyl sites for hydroxylation is 3. The van der Waals surface area contributed by atoms with Gasteiger partial charge in [-0.2, -0.15) is 0 Å². The van der Waals surface area contributed by atoms with E-state index >= 15 is 0 Å². The minimum Gasteiger partial charge on any atom is -0.438 e. The van der Waals surface area contributed by atoms with Crippen LogP contribution >= 0.6 is 0 Å². The summed E-state index contributed by atoms with van der Waals surface area (Å²) in [5.74, 6) is -0.252. The van der Waals surface area contributed by atoms with E-state index in [1.54, 1.807) is 0 Å². The average molecular weight is 382 g/mol. The van der Waals surface area contributed by atoms with Gasteiger partial charge in [0.1, 0.15) is 11.1 Å². The van der Waals surface area contributed by atoms with E-state index in [0.29, 0.717) is 11.1 Å². The fourth-order valence-corrected chi connectivity index (χ4v) is 3.27. The molecule has 4 rings (SSSR count). The fourth-order valence-electron chi connectivity index (χ4n) is 3.27. The molecular formula is C25H22N2O2. The van der Waals surface area contributed by atoms with Gasteiger partial charge in [-0.3, -0.25) is 4.79 Å². The van der Waals surface area contributed by atoms with Crippen molar-refractivity contribution in [3.8, 4) is 0 Å². The maximum atomic E-state index is 13.1. The average Bonchev–Trinajstić information content (AvgIpc) is 2.69. The molecule has 0 radical (unpaired) electrons. The Morgan fingerprint density at radius 3 is 2.45 bits per heavy atom. The van der Waals surface area contributed by atoms with Gasteiger partial charge in [0.15, 0.2) is 0 Å². The Bertz CT molecular complexity index is 1290. The number of rotatable bonds is 3. The summed E-state index contributed by atoms with van der Waals surface area (Å²) < 4.78 is 6.02. The van der Waals surface area contributed by atoms with Crippen LogP contribution in [0.1, 0.15) is 27.0 Å². The van der Waals surface area contributed by atoms with Crippen molar-refractivity contribution in [3.05, 3.63) is 101 Å². The molecule has 0 aliphatic rings. The monoisotopic (exact) mass is 382 g/mol. The van der Waals surface area contributed by atoms with Gasteiger partial charge >= 0.3 is 0 Å². The van der Waals surface area contributed by atoms with Crippen LogP contribution in [-0.4, -0.2) is 5.91 Å². The Morgan fingerprint density at radius 2 is 1.66 bits per heavy atom. The second-order valence-corrected chi connectivity index (χ2v) is 7.23. The molecule has 1 aromatic heterocycles. The molecule has 1 amide bonds. The second-order valence-electron chi connectivity index (χ2n) is 7.23. The van der Waals surface area contributed by atoms with Crippen molar-refractivity contribution in [2.75, 3.05) is 5.32 Å². The summed E-state index contributed by atoms with van der Waals surface area (Å²) in [4.78, 5) is 17.8. The Hall–Kier alpha value is -3.66. The molecule has 4 heteroatoms. The summed E-state index contributed by atoms with van der Waals surface area (Å²) in [6, 6.07) is 23.2. The van der Waals surface area contributed by atoms with Crippen LogP contribution in [0, 0.1) is 20.8 Å². The van der Waals surface area contributed by atoms with Crippen LogP contribution in [0.5, 0.6) is 0 Å². The number of benzene rings is 3. The third-order valence-corrected chi connectivity index (χ3v) is 4.76. The molecule has 0 atom stereocenters. The van der Waals surface area contributed by atoms with Crippen molar-refractivity contribution in [2.45, 2.75) is 20.8 Å². The van der Waals surface area contributed by atoms with E-state index in [9.17, 15) is 4.79 Å². The summed E-state index contributed by atoms with van der Waals surface area (Å²) in [5.41, 5.74) is 6.13. The molecular weight excluding hydrogens is 360 g/mol. The number of nitrogens with one attached hydrogen (secondary N) is 1. The normalized spacial score (nSPS) is 11.6. The SMILES string of the molecule is Cc1cccc(N=c2oc3ccccc3cc2C(=O)Nc2ccc(C)cc2C)c1. The highest BCUT2D eigenvalue weighted by Gasteiger charge is 2.14. The number of para-hydroxylation sites is 1. The molecule has 0 spiro atoms. The van der Waals surface area contributed by atoms with Crippen LogP contribution in [0.2, 0.25) is 0 Å². The smallest absolute Gasteiger partial charge is 0.261 e. The highest BCUT2D eigenvalue weighted by atomic mass is 16.3. The third kappa shape index (κ3) is 4.11. The minimum atomic E-state index is -0.252. The Labute approximate surface area is 169 Å². The first-order chi connectivity index (χ1) is 14.0. The van der Waals surface area contributed by atoms with Crippen LogP contribution in [0.25, 0.3) is 11.0 Å². The van der Waals surface area contributed by atoms with Gasteiger partial charge in [-0.05, 0) is 62.2 Å². The van der Waals surface area contributed by atoms with Gasteiger partial charge in [0.25, 0.3) is 5.91 Å². The molecule has 4 aromatic rings. The van der Waals surface area contributed by atoms with E-state index in [2.05, 4.69) is 10.3 Å². The lowest BCUT2D eigenvalue weighted by atomic mass is 10.1. The van der Waals surface area contributed by atoms with Crippen LogP contribution in [0.3, 0.4) is 0 Å².